The monoisotopic (exact) mass is 343 g/mol. The first-order valence-electron chi connectivity index (χ1n) is 9.08. The van der Waals surface area contributed by atoms with Crippen molar-refractivity contribution in [3.63, 3.8) is 0 Å². The lowest BCUT2D eigenvalue weighted by Crippen LogP contribution is -2.36. The number of ether oxygens (including phenoxy) is 1. The molecule has 0 heterocycles. The van der Waals surface area contributed by atoms with Gasteiger partial charge in [-0.05, 0) is 24.7 Å². The van der Waals surface area contributed by atoms with Crippen molar-refractivity contribution in [2.75, 3.05) is 20.2 Å². The molecule has 0 saturated carbocycles. The number of hydrogen-bond acceptors (Lipinski definition) is 4. The summed E-state index contributed by atoms with van der Waals surface area (Å²) in [4.78, 5) is 28.0. The second-order valence-corrected chi connectivity index (χ2v) is 7.44. The Hall–Kier alpha value is -2.10. The lowest BCUT2D eigenvalue weighted by Gasteiger charge is -2.31. The van der Waals surface area contributed by atoms with E-state index in [4.69, 9.17) is 4.74 Å². The quantitative estimate of drug-likeness (QED) is 0.705. The number of allylic oxidation sites excluding steroid dienone is 2. The van der Waals surface area contributed by atoms with Gasteiger partial charge >= 0.3 is 0 Å². The molecule has 0 aliphatic heterocycles. The molecule has 136 valence electrons. The molecule has 0 spiro atoms. The molecule has 0 saturated heterocycles. The van der Waals surface area contributed by atoms with E-state index in [0.29, 0.717) is 28.7 Å². The van der Waals surface area contributed by atoms with Gasteiger partial charge in [0, 0.05) is 24.2 Å². The number of nitrogens with zero attached hydrogens (tertiary/aromatic N) is 1. The van der Waals surface area contributed by atoms with Crippen LogP contribution >= 0.6 is 0 Å². The summed E-state index contributed by atoms with van der Waals surface area (Å²) in [5, 5.41) is 0. The number of carbonyl (C=O) groups excluding carboxylic acids is 2. The van der Waals surface area contributed by atoms with Gasteiger partial charge in [-0.25, -0.2) is 0 Å². The van der Waals surface area contributed by atoms with E-state index in [0.717, 1.165) is 25.9 Å². The minimum absolute atomic E-state index is 0.112. The Morgan fingerprint density at radius 3 is 1.80 bits per heavy atom. The average molecular weight is 343 g/mol. The van der Waals surface area contributed by atoms with Gasteiger partial charge in [-0.1, -0.05) is 52.0 Å². The average Bonchev–Trinajstić information content (AvgIpc) is 2.58. The normalized spacial score (nSPS) is 14.4. The van der Waals surface area contributed by atoms with Crippen LogP contribution in [0.2, 0.25) is 0 Å². The lowest BCUT2D eigenvalue weighted by molar-refractivity contribution is 0.0864. The fraction of sp³-hybridized carbons (Fsp3) is 0.524. The highest BCUT2D eigenvalue weighted by atomic mass is 16.5. The molecule has 0 unspecified atom stereocenters. The number of carbonyl (C=O) groups is 2. The van der Waals surface area contributed by atoms with Gasteiger partial charge in [0.25, 0.3) is 0 Å². The molecule has 0 amide bonds. The zero-order valence-electron chi connectivity index (χ0n) is 16.0. The van der Waals surface area contributed by atoms with Crippen LogP contribution in [0, 0.1) is 11.8 Å². The molecule has 1 aliphatic carbocycles. The van der Waals surface area contributed by atoms with E-state index in [2.05, 4.69) is 32.6 Å². The number of fused-ring (bicyclic) bond motifs is 1. The maximum atomic E-state index is 13.1. The molecule has 0 N–H and O–H groups in total. The third-order valence-electron chi connectivity index (χ3n) is 4.53. The van der Waals surface area contributed by atoms with E-state index in [1.54, 1.807) is 24.3 Å². The van der Waals surface area contributed by atoms with Gasteiger partial charge in [-0.2, -0.15) is 0 Å². The van der Waals surface area contributed by atoms with Crippen molar-refractivity contribution in [3.05, 3.63) is 46.8 Å². The maximum Gasteiger partial charge on any atom is 0.230 e. The fourth-order valence-corrected chi connectivity index (χ4v) is 2.98. The van der Waals surface area contributed by atoms with Crippen molar-refractivity contribution in [2.24, 2.45) is 11.8 Å². The molecule has 1 aromatic rings. The summed E-state index contributed by atoms with van der Waals surface area (Å²) >= 11 is 0. The summed E-state index contributed by atoms with van der Waals surface area (Å²) in [6, 6.07) is 6.99. The molecule has 0 atom stereocenters. The first-order valence-corrected chi connectivity index (χ1v) is 9.08. The summed E-state index contributed by atoms with van der Waals surface area (Å²) in [5.41, 5.74) is 1.33. The largest absolute Gasteiger partial charge is 0.491 e. The highest BCUT2D eigenvalue weighted by Crippen LogP contribution is 2.29. The van der Waals surface area contributed by atoms with Gasteiger partial charge in [-0.15, -0.1) is 0 Å². The summed E-state index contributed by atoms with van der Waals surface area (Å²) < 4.78 is 5.41. The van der Waals surface area contributed by atoms with Crippen LogP contribution in [0.15, 0.2) is 35.7 Å². The molecule has 1 aromatic carbocycles. The van der Waals surface area contributed by atoms with E-state index in [9.17, 15) is 9.59 Å². The number of benzene rings is 1. The minimum Gasteiger partial charge on any atom is -0.491 e. The number of methoxy groups -OCH3 is 1. The first-order chi connectivity index (χ1) is 11.9. The SMILES string of the molecule is COC1=C(N(CCC(C)C)CCC(C)C)C(=O)c2ccccc2C1=O. The van der Waals surface area contributed by atoms with E-state index in [-0.39, 0.29) is 17.3 Å². The Kier molecular flexibility index (Phi) is 6.40. The second kappa shape index (κ2) is 8.32. The predicted octanol–water partition coefficient (Wildman–Crippen LogP) is 4.32. The van der Waals surface area contributed by atoms with Crippen molar-refractivity contribution >= 4 is 11.6 Å². The molecule has 0 radical (unpaired) electrons. The fourth-order valence-electron chi connectivity index (χ4n) is 2.98. The van der Waals surface area contributed by atoms with Gasteiger partial charge in [-0.3, -0.25) is 9.59 Å². The zero-order valence-corrected chi connectivity index (χ0v) is 16.0. The third-order valence-corrected chi connectivity index (χ3v) is 4.53. The number of ketones is 2. The summed E-state index contributed by atoms with van der Waals surface area (Å²) in [6.07, 6.45) is 1.92. The number of hydrogen-bond donors (Lipinski definition) is 0. The van der Waals surface area contributed by atoms with Gasteiger partial charge in [0.1, 0.15) is 5.70 Å². The molecule has 0 bridgehead atoms. The van der Waals surface area contributed by atoms with Crippen LogP contribution in [-0.2, 0) is 4.74 Å². The van der Waals surface area contributed by atoms with Crippen LogP contribution in [0.1, 0.15) is 61.3 Å². The van der Waals surface area contributed by atoms with Crippen LogP contribution in [0.25, 0.3) is 0 Å². The van der Waals surface area contributed by atoms with E-state index >= 15 is 0 Å². The number of rotatable bonds is 8. The highest BCUT2D eigenvalue weighted by Gasteiger charge is 2.35. The lowest BCUT2D eigenvalue weighted by atomic mass is 9.90. The van der Waals surface area contributed by atoms with Gasteiger partial charge in [0.2, 0.25) is 11.6 Å². The predicted molar refractivity (Wildman–Crippen MR) is 99.6 cm³/mol. The second-order valence-electron chi connectivity index (χ2n) is 7.44. The Bertz CT molecular complexity index is 661. The molecular weight excluding hydrogens is 314 g/mol. The summed E-state index contributed by atoms with van der Waals surface area (Å²) in [5.74, 6) is 0.909. The maximum absolute atomic E-state index is 13.1. The van der Waals surface area contributed by atoms with Crippen LogP contribution in [0.4, 0.5) is 0 Å². The van der Waals surface area contributed by atoms with Gasteiger partial charge in [0.05, 0.1) is 7.11 Å². The Morgan fingerprint density at radius 2 is 1.36 bits per heavy atom. The Labute approximate surface area is 150 Å². The molecule has 0 aromatic heterocycles. The van der Waals surface area contributed by atoms with Crippen LogP contribution in [0.5, 0.6) is 0 Å². The van der Waals surface area contributed by atoms with Crippen molar-refractivity contribution in [1.29, 1.82) is 0 Å². The van der Waals surface area contributed by atoms with Crippen molar-refractivity contribution < 1.29 is 14.3 Å². The molecule has 0 fully saturated rings. The molecule has 4 heteroatoms. The molecular formula is C21H29NO3. The molecule has 4 nitrogen and oxygen atoms in total. The van der Waals surface area contributed by atoms with Crippen LogP contribution in [0.3, 0.4) is 0 Å². The third kappa shape index (κ3) is 4.30. The molecule has 1 aliphatic rings. The smallest absolute Gasteiger partial charge is 0.230 e. The van der Waals surface area contributed by atoms with Crippen molar-refractivity contribution in [2.45, 2.75) is 40.5 Å². The Balaban J connectivity index is 2.44. The summed E-state index contributed by atoms with van der Waals surface area (Å²) in [7, 11) is 1.47. The van der Waals surface area contributed by atoms with Crippen molar-refractivity contribution in [1.82, 2.24) is 4.90 Å². The molecule has 25 heavy (non-hydrogen) atoms. The highest BCUT2D eigenvalue weighted by molar-refractivity contribution is 6.25. The summed E-state index contributed by atoms with van der Waals surface area (Å²) in [6.45, 7) is 10.1. The van der Waals surface area contributed by atoms with Gasteiger partial charge < -0.3 is 9.64 Å². The molecule has 2 rings (SSSR count). The van der Waals surface area contributed by atoms with Crippen molar-refractivity contribution in [3.8, 4) is 0 Å². The van der Waals surface area contributed by atoms with Crippen LogP contribution in [-0.4, -0.2) is 36.7 Å². The van der Waals surface area contributed by atoms with E-state index < -0.39 is 0 Å². The van der Waals surface area contributed by atoms with E-state index in [1.807, 2.05) is 0 Å². The standard InChI is InChI=1S/C21H29NO3/c1-14(2)10-12-22(13-11-15(3)4)18-19(23)16-8-6-7-9-17(16)20(24)21(18)25-5/h6-9,14-15H,10-13H2,1-5H3. The van der Waals surface area contributed by atoms with E-state index in [1.165, 1.54) is 7.11 Å². The Morgan fingerprint density at radius 1 is 0.880 bits per heavy atom. The first kappa shape index (κ1) is 19.2. The zero-order chi connectivity index (χ0) is 18.6. The van der Waals surface area contributed by atoms with Gasteiger partial charge in [0.15, 0.2) is 5.76 Å². The number of Topliss-reactive ketones (excluding diaryl/α,β-unsaturated/α-hetero) is 2. The topological polar surface area (TPSA) is 46.6 Å². The minimum atomic E-state index is -0.202. The van der Waals surface area contributed by atoms with Crippen LogP contribution < -0.4 is 0 Å².